The molecule has 0 saturated carbocycles. The van der Waals surface area contributed by atoms with Crippen molar-refractivity contribution < 1.29 is 9.47 Å². The van der Waals surface area contributed by atoms with Crippen LogP contribution in [0.2, 0.25) is 0 Å². The summed E-state index contributed by atoms with van der Waals surface area (Å²) in [6, 6.07) is 5.49. The molecule has 21 heavy (non-hydrogen) atoms. The number of nitrogen functional groups attached to an aromatic ring is 1. The molecule has 0 spiro atoms. The monoisotopic (exact) mass is 289 g/mol. The van der Waals surface area contributed by atoms with Crippen LogP contribution in [0.5, 0.6) is 5.75 Å². The number of aromatic nitrogens is 4. The average Bonchev–Trinajstić information content (AvgIpc) is 2.99. The Kier molecular flexibility index (Phi) is 3.50. The van der Waals surface area contributed by atoms with Gasteiger partial charge in [-0.15, -0.1) is 5.10 Å². The van der Waals surface area contributed by atoms with E-state index in [4.69, 9.17) is 15.2 Å². The molecule has 0 aliphatic carbocycles. The number of methoxy groups -OCH3 is 1. The van der Waals surface area contributed by atoms with Crippen LogP contribution in [0.3, 0.4) is 0 Å². The van der Waals surface area contributed by atoms with Crippen LogP contribution in [0.25, 0.3) is 11.4 Å². The maximum Gasteiger partial charge on any atom is 0.184 e. The first kappa shape index (κ1) is 13.8. The summed E-state index contributed by atoms with van der Waals surface area (Å²) in [7, 11) is 1.62. The summed E-state index contributed by atoms with van der Waals surface area (Å²) in [6.07, 6.45) is 1.74. The van der Waals surface area contributed by atoms with Gasteiger partial charge in [-0.05, 0) is 48.4 Å². The number of anilines is 1. The highest BCUT2D eigenvalue weighted by Gasteiger charge is 2.33. The van der Waals surface area contributed by atoms with Crippen LogP contribution < -0.4 is 10.5 Å². The molecule has 0 amide bonds. The molecule has 0 unspecified atom stereocenters. The van der Waals surface area contributed by atoms with E-state index < -0.39 is 0 Å². The van der Waals surface area contributed by atoms with E-state index in [0.29, 0.717) is 24.7 Å². The Morgan fingerprint density at radius 2 is 2.10 bits per heavy atom. The van der Waals surface area contributed by atoms with Crippen LogP contribution in [0.4, 0.5) is 5.69 Å². The summed E-state index contributed by atoms with van der Waals surface area (Å²) >= 11 is 0. The van der Waals surface area contributed by atoms with E-state index in [1.807, 2.05) is 16.8 Å². The third-order valence-electron chi connectivity index (χ3n) is 4.05. The van der Waals surface area contributed by atoms with E-state index >= 15 is 0 Å². The Hall–Kier alpha value is -2.15. The molecule has 1 aliphatic rings. The van der Waals surface area contributed by atoms with Crippen LogP contribution in [0, 0.1) is 0 Å². The van der Waals surface area contributed by atoms with Crippen LogP contribution in [0.1, 0.15) is 19.8 Å². The Labute approximate surface area is 123 Å². The number of nitrogens with two attached hydrogens (primary N) is 1. The minimum Gasteiger partial charge on any atom is -0.497 e. The second-order valence-electron chi connectivity index (χ2n) is 5.48. The molecule has 1 saturated heterocycles. The maximum atomic E-state index is 6.09. The van der Waals surface area contributed by atoms with Crippen molar-refractivity contribution in [3.8, 4) is 17.1 Å². The van der Waals surface area contributed by atoms with Gasteiger partial charge in [0.05, 0.1) is 12.6 Å². The molecule has 2 aromatic rings. The minimum absolute atomic E-state index is 0.160. The molecule has 7 nitrogen and oxygen atoms in total. The predicted molar refractivity (Wildman–Crippen MR) is 77.9 cm³/mol. The minimum atomic E-state index is -0.160. The molecule has 0 atom stereocenters. The van der Waals surface area contributed by atoms with Gasteiger partial charge in [0.1, 0.15) is 5.75 Å². The molecule has 112 valence electrons. The van der Waals surface area contributed by atoms with E-state index in [2.05, 4.69) is 22.4 Å². The number of tetrazole rings is 1. The fraction of sp³-hybridized carbons (Fsp3) is 0.500. The number of nitrogens with zero attached hydrogens (tertiary/aromatic N) is 4. The summed E-state index contributed by atoms with van der Waals surface area (Å²) in [6.45, 7) is 3.57. The standard InChI is InChI=1S/C14H19N5O2/c1-14(5-7-21-8-6-14)19-13(16-17-18-19)11-9-10(20-2)3-4-12(11)15/h3-4,9H,5-8,15H2,1-2H3. The van der Waals surface area contributed by atoms with Crippen LogP contribution in [-0.2, 0) is 10.3 Å². The first-order chi connectivity index (χ1) is 10.1. The summed E-state index contributed by atoms with van der Waals surface area (Å²) < 4.78 is 12.6. The molecular formula is C14H19N5O2. The van der Waals surface area contributed by atoms with Gasteiger partial charge in [-0.25, -0.2) is 4.68 Å². The van der Waals surface area contributed by atoms with Gasteiger partial charge in [0, 0.05) is 24.5 Å². The molecule has 0 bridgehead atoms. The summed E-state index contributed by atoms with van der Waals surface area (Å²) in [5.41, 5.74) is 7.34. The Morgan fingerprint density at radius 1 is 1.33 bits per heavy atom. The Bertz CT molecular complexity index is 634. The van der Waals surface area contributed by atoms with E-state index in [0.717, 1.165) is 24.2 Å². The molecule has 2 heterocycles. The highest BCUT2D eigenvalue weighted by atomic mass is 16.5. The molecule has 1 aliphatic heterocycles. The van der Waals surface area contributed by atoms with Crippen molar-refractivity contribution in [2.24, 2.45) is 0 Å². The van der Waals surface area contributed by atoms with E-state index in [9.17, 15) is 0 Å². The van der Waals surface area contributed by atoms with Crippen molar-refractivity contribution in [3.05, 3.63) is 18.2 Å². The van der Waals surface area contributed by atoms with Gasteiger partial charge >= 0.3 is 0 Å². The van der Waals surface area contributed by atoms with Crippen molar-refractivity contribution in [2.75, 3.05) is 26.1 Å². The van der Waals surface area contributed by atoms with Gasteiger partial charge in [0.15, 0.2) is 5.82 Å². The number of ether oxygens (including phenoxy) is 2. The van der Waals surface area contributed by atoms with Gasteiger partial charge in [-0.1, -0.05) is 0 Å². The highest BCUT2D eigenvalue weighted by Crippen LogP contribution is 2.34. The lowest BCUT2D eigenvalue weighted by Gasteiger charge is -2.33. The number of hydrogen-bond acceptors (Lipinski definition) is 6. The summed E-state index contributed by atoms with van der Waals surface area (Å²) in [5.74, 6) is 1.39. The summed E-state index contributed by atoms with van der Waals surface area (Å²) in [4.78, 5) is 0. The SMILES string of the molecule is COc1ccc(N)c(-c2nnnn2C2(C)CCOCC2)c1. The summed E-state index contributed by atoms with van der Waals surface area (Å²) in [5, 5.41) is 12.2. The van der Waals surface area contributed by atoms with Gasteiger partial charge in [0.25, 0.3) is 0 Å². The van der Waals surface area contributed by atoms with Crippen molar-refractivity contribution in [1.29, 1.82) is 0 Å². The quantitative estimate of drug-likeness (QED) is 0.861. The van der Waals surface area contributed by atoms with E-state index in [1.54, 1.807) is 13.2 Å². The number of rotatable bonds is 3. The zero-order valence-electron chi connectivity index (χ0n) is 12.2. The number of hydrogen-bond donors (Lipinski definition) is 1. The Balaban J connectivity index is 2.06. The first-order valence-electron chi connectivity index (χ1n) is 6.94. The van der Waals surface area contributed by atoms with Crippen molar-refractivity contribution >= 4 is 5.69 Å². The Morgan fingerprint density at radius 3 is 2.81 bits per heavy atom. The number of benzene rings is 1. The molecule has 3 rings (SSSR count). The van der Waals surface area contributed by atoms with E-state index in [1.165, 1.54) is 0 Å². The van der Waals surface area contributed by atoms with Crippen LogP contribution in [-0.4, -0.2) is 40.5 Å². The smallest absolute Gasteiger partial charge is 0.184 e. The lowest BCUT2D eigenvalue weighted by atomic mass is 9.92. The lowest BCUT2D eigenvalue weighted by molar-refractivity contribution is 0.0240. The van der Waals surface area contributed by atoms with Gasteiger partial charge in [-0.3, -0.25) is 0 Å². The second-order valence-corrected chi connectivity index (χ2v) is 5.48. The van der Waals surface area contributed by atoms with Crippen molar-refractivity contribution in [3.63, 3.8) is 0 Å². The fourth-order valence-electron chi connectivity index (χ4n) is 2.60. The average molecular weight is 289 g/mol. The molecule has 0 radical (unpaired) electrons. The molecule has 7 heteroatoms. The normalized spacial score (nSPS) is 17.6. The molecular weight excluding hydrogens is 270 g/mol. The largest absolute Gasteiger partial charge is 0.497 e. The molecule has 1 fully saturated rings. The van der Waals surface area contributed by atoms with Gasteiger partial charge in [-0.2, -0.15) is 0 Å². The van der Waals surface area contributed by atoms with Crippen LogP contribution >= 0.6 is 0 Å². The maximum absolute atomic E-state index is 6.09. The molecule has 1 aromatic heterocycles. The zero-order chi connectivity index (χ0) is 14.9. The topological polar surface area (TPSA) is 88.1 Å². The third-order valence-corrected chi connectivity index (χ3v) is 4.05. The molecule has 1 aromatic carbocycles. The fourth-order valence-corrected chi connectivity index (χ4v) is 2.60. The van der Waals surface area contributed by atoms with Gasteiger partial charge < -0.3 is 15.2 Å². The van der Waals surface area contributed by atoms with E-state index in [-0.39, 0.29) is 5.54 Å². The van der Waals surface area contributed by atoms with Crippen molar-refractivity contribution in [2.45, 2.75) is 25.3 Å². The van der Waals surface area contributed by atoms with Crippen molar-refractivity contribution in [1.82, 2.24) is 20.2 Å². The zero-order valence-corrected chi connectivity index (χ0v) is 12.2. The predicted octanol–water partition coefficient (Wildman–Crippen LogP) is 1.46. The second kappa shape index (κ2) is 5.33. The molecule has 2 N–H and O–H groups in total. The third kappa shape index (κ3) is 2.44. The van der Waals surface area contributed by atoms with Crippen LogP contribution in [0.15, 0.2) is 18.2 Å². The highest BCUT2D eigenvalue weighted by molar-refractivity contribution is 5.73. The first-order valence-corrected chi connectivity index (χ1v) is 6.94. The lowest BCUT2D eigenvalue weighted by Crippen LogP contribution is -2.38. The van der Waals surface area contributed by atoms with Gasteiger partial charge in [0.2, 0.25) is 0 Å².